The van der Waals surface area contributed by atoms with Crippen molar-refractivity contribution in [1.29, 1.82) is 5.41 Å². The van der Waals surface area contributed by atoms with Gasteiger partial charge in [0.2, 0.25) is 5.96 Å². The second-order valence-electron chi connectivity index (χ2n) is 5.75. The maximum absolute atomic E-state index is 7.50. The zero-order valence-electron chi connectivity index (χ0n) is 13.5. The third-order valence-corrected chi connectivity index (χ3v) is 3.96. The fourth-order valence-electron chi connectivity index (χ4n) is 2.82. The number of H-pyrrole nitrogens is 2. The molecule has 0 fully saturated rings. The molecule has 7 nitrogen and oxygen atoms in total. The Kier molecular flexibility index (Phi) is 3.74. The van der Waals surface area contributed by atoms with Crippen LogP contribution in [0.4, 0.5) is 0 Å². The Morgan fingerprint density at radius 3 is 2.24 bits per heavy atom. The van der Waals surface area contributed by atoms with Crippen molar-refractivity contribution in [2.24, 2.45) is 10.7 Å². The van der Waals surface area contributed by atoms with Gasteiger partial charge in [-0.3, -0.25) is 5.41 Å². The second kappa shape index (κ2) is 6.20. The summed E-state index contributed by atoms with van der Waals surface area (Å²) < 4.78 is 0. The molecule has 0 bridgehead atoms. The van der Waals surface area contributed by atoms with Gasteiger partial charge in [0.15, 0.2) is 5.82 Å². The molecule has 0 radical (unpaired) electrons. The molecule has 0 aliphatic rings. The summed E-state index contributed by atoms with van der Waals surface area (Å²) in [6, 6.07) is 15.7. The first-order chi connectivity index (χ1) is 12.2. The number of nitrogens with one attached hydrogen (secondary N) is 3. The van der Waals surface area contributed by atoms with Crippen LogP contribution in [0.15, 0.2) is 53.5 Å². The van der Waals surface area contributed by atoms with E-state index in [0.717, 1.165) is 27.9 Å². The van der Waals surface area contributed by atoms with Crippen LogP contribution < -0.4 is 5.73 Å². The smallest absolute Gasteiger partial charge is 0.212 e. The summed E-state index contributed by atoms with van der Waals surface area (Å²) in [5.74, 6) is 1.26. The zero-order valence-corrected chi connectivity index (χ0v) is 13.5. The second-order valence-corrected chi connectivity index (χ2v) is 5.75. The third-order valence-electron chi connectivity index (χ3n) is 3.96. The van der Waals surface area contributed by atoms with Gasteiger partial charge in [-0.1, -0.05) is 24.3 Å². The van der Waals surface area contributed by atoms with Crippen LogP contribution in [0.25, 0.3) is 22.1 Å². The first-order valence-electron chi connectivity index (χ1n) is 7.99. The Hall–Kier alpha value is -3.48. The van der Waals surface area contributed by atoms with Crippen molar-refractivity contribution in [3.63, 3.8) is 0 Å². The molecular weight excluding hydrogens is 314 g/mol. The van der Waals surface area contributed by atoms with Crippen LogP contribution in [0.3, 0.4) is 0 Å². The number of aromatic amines is 2. The number of benzene rings is 2. The van der Waals surface area contributed by atoms with Crippen molar-refractivity contribution < 1.29 is 0 Å². The highest BCUT2D eigenvalue weighted by molar-refractivity contribution is 6.05. The number of imidazole rings is 2. The van der Waals surface area contributed by atoms with E-state index >= 15 is 0 Å². The largest absolute Gasteiger partial charge is 0.368 e. The van der Waals surface area contributed by atoms with E-state index in [1.54, 1.807) is 0 Å². The number of aromatic nitrogens is 4. The molecule has 0 saturated carbocycles. The molecular formula is C18H17N7. The van der Waals surface area contributed by atoms with Crippen molar-refractivity contribution in [3.8, 4) is 0 Å². The molecule has 0 spiro atoms. The van der Waals surface area contributed by atoms with Crippen LogP contribution in [-0.2, 0) is 6.42 Å². The zero-order chi connectivity index (χ0) is 17.2. The van der Waals surface area contributed by atoms with Gasteiger partial charge in [0.25, 0.3) is 0 Å². The van der Waals surface area contributed by atoms with Crippen LogP contribution in [0.2, 0.25) is 0 Å². The number of hydrogen-bond acceptors (Lipinski definition) is 3. The van der Waals surface area contributed by atoms with E-state index in [2.05, 4.69) is 24.9 Å². The average Bonchev–Trinajstić information content (AvgIpc) is 3.21. The molecule has 0 aliphatic heterocycles. The highest BCUT2D eigenvalue weighted by Crippen LogP contribution is 2.15. The summed E-state index contributed by atoms with van der Waals surface area (Å²) in [7, 11) is 0. The Labute approximate surface area is 143 Å². The Morgan fingerprint density at radius 1 is 0.960 bits per heavy atom. The molecule has 124 valence electrons. The van der Waals surface area contributed by atoms with Gasteiger partial charge in [-0.15, -0.1) is 0 Å². The van der Waals surface area contributed by atoms with Gasteiger partial charge in [0, 0.05) is 12.8 Å². The molecule has 2 aromatic heterocycles. The molecule has 7 heteroatoms. The monoisotopic (exact) mass is 331 g/mol. The standard InChI is InChI=1S/C18H17N7/c19-18(20)25-15(17-23-13-7-3-4-8-14(13)24-17)9-10-16-21-11-5-1-2-6-12(11)22-16/h1-8H,9-10H2,(H3,19,20)(H,21,22)(H,23,24)/b25-15+. The Morgan fingerprint density at radius 2 is 1.60 bits per heavy atom. The number of guanidine groups is 1. The predicted molar refractivity (Wildman–Crippen MR) is 99.0 cm³/mol. The van der Waals surface area contributed by atoms with Crippen molar-refractivity contribution in [3.05, 3.63) is 60.2 Å². The number of nitrogens with two attached hydrogens (primary N) is 1. The first kappa shape index (κ1) is 15.1. The van der Waals surface area contributed by atoms with Crippen molar-refractivity contribution in [1.82, 2.24) is 19.9 Å². The maximum Gasteiger partial charge on any atom is 0.212 e. The molecule has 25 heavy (non-hydrogen) atoms. The third kappa shape index (κ3) is 3.12. The van der Waals surface area contributed by atoms with Crippen LogP contribution in [0.1, 0.15) is 18.1 Å². The van der Waals surface area contributed by atoms with E-state index in [4.69, 9.17) is 11.1 Å². The van der Waals surface area contributed by atoms with E-state index in [9.17, 15) is 0 Å². The summed E-state index contributed by atoms with van der Waals surface area (Å²) in [5, 5.41) is 7.50. The van der Waals surface area contributed by atoms with Crippen molar-refractivity contribution in [2.75, 3.05) is 0 Å². The molecule has 2 heterocycles. The lowest BCUT2D eigenvalue weighted by Crippen LogP contribution is -2.14. The molecule has 2 aromatic carbocycles. The maximum atomic E-state index is 7.50. The molecule has 0 unspecified atom stereocenters. The summed E-state index contributed by atoms with van der Waals surface area (Å²) in [6.45, 7) is 0. The SMILES string of the molecule is N=C(N)/N=C(\CCc1nc2ccccc2[nH]1)c1nc2ccccc2[nH]1. The summed E-state index contributed by atoms with van der Waals surface area (Å²) in [6.07, 6.45) is 1.22. The van der Waals surface area contributed by atoms with Gasteiger partial charge in [-0.05, 0) is 24.3 Å². The molecule has 0 aliphatic carbocycles. The minimum atomic E-state index is -0.236. The van der Waals surface area contributed by atoms with E-state index in [-0.39, 0.29) is 5.96 Å². The van der Waals surface area contributed by atoms with Gasteiger partial charge in [0.05, 0.1) is 27.8 Å². The van der Waals surface area contributed by atoms with E-state index in [1.165, 1.54) is 0 Å². The van der Waals surface area contributed by atoms with E-state index in [1.807, 2.05) is 48.5 Å². The number of nitrogens with zero attached hydrogens (tertiary/aromatic N) is 3. The topological polar surface area (TPSA) is 120 Å². The molecule has 0 atom stereocenters. The fourth-order valence-corrected chi connectivity index (χ4v) is 2.82. The predicted octanol–water partition coefficient (Wildman–Crippen LogP) is 2.75. The quantitative estimate of drug-likeness (QED) is 0.340. The minimum Gasteiger partial charge on any atom is -0.368 e. The lowest BCUT2D eigenvalue weighted by Gasteiger charge is -2.02. The number of para-hydroxylation sites is 4. The normalized spacial score (nSPS) is 12.1. The lowest BCUT2D eigenvalue weighted by molar-refractivity contribution is 0.936. The number of aliphatic imine (C=N–C) groups is 1. The lowest BCUT2D eigenvalue weighted by atomic mass is 10.2. The van der Waals surface area contributed by atoms with Gasteiger partial charge >= 0.3 is 0 Å². The Bertz CT molecular complexity index is 1020. The average molecular weight is 331 g/mol. The summed E-state index contributed by atoms with van der Waals surface area (Å²) >= 11 is 0. The molecule has 4 aromatic rings. The fraction of sp³-hybridized carbons (Fsp3) is 0.111. The van der Waals surface area contributed by atoms with Crippen LogP contribution in [-0.4, -0.2) is 31.6 Å². The molecule has 0 amide bonds. The number of aryl methyl sites for hydroxylation is 1. The Balaban J connectivity index is 1.62. The van der Waals surface area contributed by atoms with Gasteiger partial charge in [-0.2, -0.15) is 0 Å². The number of hydrogen-bond donors (Lipinski definition) is 4. The number of fused-ring (bicyclic) bond motifs is 2. The highest BCUT2D eigenvalue weighted by atomic mass is 15.0. The van der Waals surface area contributed by atoms with Gasteiger partial charge in [0.1, 0.15) is 5.82 Å². The van der Waals surface area contributed by atoms with Crippen LogP contribution >= 0.6 is 0 Å². The summed E-state index contributed by atoms with van der Waals surface area (Å²) in [5.41, 5.74) is 9.86. The van der Waals surface area contributed by atoms with Gasteiger partial charge < -0.3 is 15.7 Å². The molecule has 5 N–H and O–H groups in total. The van der Waals surface area contributed by atoms with Crippen molar-refractivity contribution >= 4 is 33.7 Å². The molecule has 4 rings (SSSR count). The number of rotatable bonds is 4. The first-order valence-corrected chi connectivity index (χ1v) is 7.99. The van der Waals surface area contributed by atoms with Crippen LogP contribution in [0.5, 0.6) is 0 Å². The minimum absolute atomic E-state index is 0.236. The van der Waals surface area contributed by atoms with E-state index in [0.29, 0.717) is 24.4 Å². The van der Waals surface area contributed by atoms with Crippen molar-refractivity contribution in [2.45, 2.75) is 12.8 Å². The summed E-state index contributed by atoms with van der Waals surface area (Å²) in [4.78, 5) is 19.8. The highest BCUT2D eigenvalue weighted by Gasteiger charge is 2.12. The van der Waals surface area contributed by atoms with E-state index < -0.39 is 0 Å². The van der Waals surface area contributed by atoms with Crippen LogP contribution in [0, 0.1) is 5.41 Å². The molecule has 0 saturated heterocycles. The van der Waals surface area contributed by atoms with Gasteiger partial charge in [-0.25, -0.2) is 15.0 Å².